The summed E-state index contributed by atoms with van der Waals surface area (Å²) in [6, 6.07) is 2.92. The summed E-state index contributed by atoms with van der Waals surface area (Å²) in [6.07, 6.45) is 8.13. The van der Waals surface area contributed by atoms with Crippen LogP contribution in [0.1, 0.15) is 55.0 Å². The molecule has 0 saturated heterocycles. The Kier molecular flexibility index (Phi) is 4.98. The van der Waals surface area contributed by atoms with Gasteiger partial charge in [-0.05, 0) is 56.4 Å². The van der Waals surface area contributed by atoms with Gasteiger partial charge < -0.3 is 9.80 Å². The molecule has 0 aliphatic heterocycles. The largest absolute Gasteiger partial charge is 0.318 e. The maximum absolute atomic E-state index is 12.6. The first-order chi connectivity index (χ1) is 11.4. The first-order valence-electron chi connectivity index (χ1n) is 9.08. The highest BCUT2D eigenvalue weighted by molar-refractivity contribution is 7.16. The molecule has 1 aromatic heterocycles. The van der Waals surface area contributed by atoms with Crippen LogP contribution in [-0.2, 0) is 17.6 Å². The molecule has 1 atom stereocenters. The molecule has 0 bridgehead atoms. The summed E-state index contributed by atoms with van der Waals surface area (Å²) in [5.41, 5.74) is 1.89. The fraction of sp³-hybridized carbons (Fsp3) is 0.684. The number of nitrogens with one attached hydrogen (secondary N) is 1. The summed E-state index contributed by atoms with van der Waals surface area (Å²) in [5, 5.41) is 13.4. The van der Waals surface area contributed by atoms with Crippen LogP contribution in [-0.4, -0.2) is 37.1 Å². The highest BCUT2D eigenvalue weighted by Crippen LogP contribution is 2.39. The van der Waals surface area contributed by atoms with Crippen LogP contribution in [0, 0.1) is 17.2 Å². The van der Waals surface area contributed by atoms with Crippen molar-refractivity contribution in [2.24, 2.45) is 5.92 Å². The van der Waals surface area contributed by atoms with Crippen molar-refractivity contribution in [3.05, 3.63) is 16.0 Å². The fourth-order valence-electron chi connectivity index (χ4n) is 4.23. The van der Waals surface area contributed by atoms with Crippen molar-refractivity contribution in [1.82, 2.24) is 0 Å². The zero-order valence-electron chi connectivity index (χ0n) is 15.0. The van der Waals surface area contributed by atoms with Crippen LogP contribution in [0.15, 0.2) is 0 Å². The topological polar surface area (TPSA) is 52.9 Å². The summed E-state index contributed by atoms with van der Waals surface area (Å²) in [5.74, 6) is 0.708. The summed E-state index contributed by atoms with van der Waals surface area (Å²) in [7, 11) is 4.31. The number of carbonyl (C=O) groups excluding carboxylic acids is 1. The predicted octanol–water partition coefficient (Wildman–Crippen LogP) is 3.70. The highest BCUT2D eigenvalue weighted by atomic mass is 32.1. The van der Waals surface area contributed by atoms with Crippen LogP contribution in [0.5, 0.6) is 0 Å². The zero-order valence-corrected chi connectivity index (χ0v) is 15.8. The summed E-state index contributed by atoms with van der Waals surface area (Å²) in [6.45, 7) is 2.74. The molecule has 0 radical (unpaired) electrons. The molecule has 3 rings (SSSR count). The number of hydrogen-bond acceptors (Lipinski definition) is 3. The number of thiophene rings is 1. The second kappa shape index (κ2) is 6.85. The van der Waals surface area contributed by atoms with Gasteiger partial charge in [0.05, 0.1) is 25.7 Å². The number of fused-ring (bicyclic) bond motifs is 1. The van der Waals surface area contributed by atoms with Crippen LogP contribution < -0.4 is 5.32 Å². The van der Waals surface area contributed by atoms with Crippen LogP contribution in [0.4, 0.5) is 5.00 Å². The van der Waals surface area contributed by atoms with Gasteiger partial charge in [-0.3, -0.25) is 4.79 Å². The molecule has 1 N–H and O–H groups in total. The third-order valence-electron chi connectivity index (χ3n) is 5.74. The number of likely N-dealkylation sites (N-methyl/N-ethyl adjacent to an activating group) is 1. The van der Waals surface area contributed by atoms with Crippen molar-refractivity contribution in [3.63, 3.8) is 0 Å². The standard InChI is InChI=1S/C19H27N3OS/c1-13-8-9-15-16(11-20)19(24-17(15)10-13)21-18(23)12-22(2,3)14-6-4-5-7-14/h13-14H,4-10,12H2,1-3H3/p+1/t13-/m0/s1. The molecular weight excluding hydrogens is 318 g/mol. The average Bonchev–Trinajstić information content (AvgIpc) is 3.13. The third kappa shape index (κ3) is 3.50. The Labute approximate surface area is 149 Å². The van der Waals surface area contributed by atoms with E-state index in [0.29, 0.717) is 24.1 Å². The minimum absolute atomic E-state index is 0.0371. The van der Waals surface area contributed by atoms with Gasteiger partial charge in [0.15, 0.2) is 6.54 Å². The molecule has 130 valence electrons. The SMILES string of the molecule is C[C@H]1CCc2c(sc(NC(=O)C[N+](C)(C)C3CCCC3)c2C#N)C1. The van der Waals surface area contributed by atoms with E-state index in [0.717, 1.165) is 28.7 Å². The van der Waals surface area contributed by atoms with Gasteiger partial charge in [0.2, 0.25) is 0 Å². The molecule has 2 aliphatic rings. The van der Waals surface area contributed by atoms with Crippen molar-refractivity contribution in [2.45, 2.75) is 57.9 Å². The maximum atomic E-state index is 12.6. The van der Waals surface area contributed by atoms with Gasteiger partial charge in [-0.15, -0.1) is 11.3 Å². The van der Waals surface area contributed by atoms with Gasteiger partial charge in [-0.1, -0.05) is 6.92 Å². The van der Waals surface area contributed by atoms with E-state index in [2.05, 4.69) is 32.4 Å². The van der Waals surface area contributed by atoms with Gasteiger partial charge in [0.1, 0.15) is 11.1 Å². The fourth-order valence-corrected chi connectivity index (χ4v) is 5.60. The normalized spacial score (nSPS) is 21.3. The lowest BCUT2D eigenvalue weighted by molar-refractivity contribution is -0.906. The van der Waals surface area contributed by atoms with E-state index in [-0.39, 0.29) is 5.91 Å². The van der Waals surface area contributed by atoms with E-state index >= 15 is 0 Å². The Morgan fingerprint density at radius 2 is 2.04 bits per heavy atom. The van der Waals surface area contributed by atoms with Gasteiger partial charge >= 0.3 is 0 Å². The monoisotopic (exact) mass is 346 g/mol. The Morgan fingerprint density at radius 3 is 2.71 bits per heavy atom. The van der Waals surface area contributed by atoms with E-state index < -0.39 is 0 Å². The van der Waals surface area contributed by atoms with Crippen molar-refractivity contribution in [3.8, 4) is 6.07 Å². The predicted molar refractivity (Wildman–Crippen MR) is 98.1 cm³/mol. The number of quaternary nitrogens is 1. The summed E-state index contributed by atoms with van der Waals surface area (Å²) >= 11 is 1.62. The van der Waals surface area contributed by atoms with Gasteiger partial charge in [0.25, 0.3) is 5.91 Å². The molecule has 0 spiro atoms. The van der Waals surface area contributed by atoms with E-state index in [4.69, 9.17) is 0 Å². The lowest BCUT2D eigenvalue weighted by Crippen LogP contribution is -2.51. The second-order valence-electron chi connectivity index (χ2n) is 8.09. The quantitative estimate of drug-likeness (QED) is 0.845. The Hall–Kier alpha value is -1.38. The van der Waals surface area contributed by atoms with Crippen molar-refractivity contribution in [1.29, 1.82) is 5.26 Å². The minimum atomic E-state index is 0.0371. The minimum Gasteiger partial charge on any atom is -0.318 e. The van der Waals surface area contributed by atoms with Crippen LogP contribution >= 0.6 is 11.3 Å². The molecule has 1 saturated carbocycles. The molecule has 4 nitrogen and oxygen atoms in total. The van der Waals surface area contributed by atoms with Crippen molar-refractivity contribution < 1.29 is 9.28 Å². The van der Waals surface area contributed by atoms with E-state index in [9.17, 15) is 10.1 Å². The Morgan fingerprint density at radius 1 is 1.33 bits per heavy atom. The van der Waals surface area contributed by atoms with Gasteiger partial charge in [0, 0.05) is 4.88 Å². The van der Waals surface area contributed by atoms with Gasteiger partial charge in [-0.25, -0.2) is 0 Å². The number of amides is 1. The molecular formula is C19H28N3OS+. The number of hydrogen-bond donors (Lipinski definition) is 1. The lowest BCUT2D eigenvalue weighted by Gasteiger charge is -2.35. The Bertz CT molecular complexity index is 665. The number of rotatable bonds is 4. The molecule has 1 aromatic rings. The Balaban J connectivity index is 1.72. The van der Waals surface area contributed by atoms with E-state index in [1.54, 1.807) is 11.3 Å². The van der Waals surface area contributed by atoms with Crippen LogP contribution in [0.25, 0.3) is 0 Å². The van der Waals surface area contributed by atoms with Crippen molar-refractivity contribution >= 4 is 22.2 Å². The van der Waals surface area contributed by atoms with Gasteiger partial charge in [-0.2, -0.15) is 5.26 Å². The summed E-state index contributed by atoms with van der Waals surface area (Å²) in [4.78, 5) is 13.9. The first-order valence-corrected chi connectivity index (χ1v) is 9.89. The number of nitriles is 1. The lowest BCUT2D eigenvalue weighted by atomic mass is 9.89. The molecule has 1 amide bonds. The van der Waals surface area contributed by atoms with E-state index in [1.807, 2.05) is 0 Å². The van der Waals surface area contributed by atoms with Crippen LogP contribution in [0.2, 0.25) is 0 Å². The molecule has 1 heterocycles. The molecule has 2 aliphatic carbocycles. The second-order valence-corrected chi connectivity index (χ2v) is 9.20. The molecule has 1 fully saturated rings. The van der Waals surface area contributed by atoms with Crippen LogP contribution in [0.3, 0.4) is 0 Å². The number of carbonyl (C=O) groups is 1. The number of anilines is 1. The van der Waals surface area contributed by atoms with Crippen molar-refractivity contribution in [2.75, 3.05) is 26.0 Å². The molecule has 0 aromatic carbocycles. The number of nitrogens with zero attached hydrogens (tertiary/aromatic N) is 2. The molecule has 24 heavy (non-hydrogen) atoms. The molecule has 0 unspecified atom stereocenters. The zero-order chi connectivity index (χ0) is 17.3. The smallest absolute Gasteiger partial charge is 0.280 e. The highest BCUT2D eigenvalue weighted by Gasteiger charge is 2.33. The first kappa shape index (κ1) is 17.4. The maximum Gasteiger partial charge on any atom is 0.280 e. The third-order valence-corrected chi connectivity index (χ3v) is 6.91. The average molecular weight is 347 g/mol. The molecule has 5 heteroatoms. The summed E-state index contributed by atoms with van der Waals surface area (Å²) < 4.78 is 0.746. The van der Waals surface area contributed by atoms with E-state index in [1.165, 1.54) is 36.1 Å².